The van der Waals surface area contributed by atoms with E-state index in [9.17, 15) is 13.5 Å². The summed E-state index contributed by atoms with van der Waals surface area (Å²) >= 11 is 0. The highest BCUT2D eigenvalue weighted by molar-refractivity contribution is 7.92. The molecule has 0 spiro atoms. The van der Waals surface area contributed by atoms with Crippen molar-refractivity contribution in [1.82, 2.24) is 4.90 Å². The van der Waals surface area contributed by atoms with Gasteiger partial charge in [-0.05, 0) is 86.4 Å². The number of phenols is 1. The first kappa shape index (κ1) is 23.1. The summed E-state index contributed by atoms with van der Waals surface area (Å²) in [6.07, 6.45) is 2.50. The molecule has 7 heteroatoms. The fourth-order valence-corrected chi connectivity index (χ4v) is 5.79. The molecule has 174 valence electrons. The van der Waals surface area contributed by atoms with Gasteiger partial charge in [-0.15, -0.1) is 0 Å². The molecule has 0 amide bonds. The van der Waals surface area contributed by atoms with Crippen LogP contribution in [0.1, 0.15) is 24.0 Å². The molecule has 1 N–H and O–H groups in total. The molecule has 33 heavy (non-hydrogen) atoms. The van der Waals surface area contributed by atoms with E-state index < -0.39 is 10.0 Å². The van der Waals surface area contributed by atoms with Gasteiger partial charge in [0.1, 0.15) is 18.1 Å². The molecule has 1 aliphatic rings. The zero-order valence-electron chi connectivity index (χ0n) is 18.9. The van der Waals surface area contributed by atoms with Gasteiger partial charge in [0.15, 0.2) is 0 Å². The van der Waals surface area contributed by atoms with Crippen LogP contribution in [0, 0.1) is 6.92 Å². The van der Waals surface area contributed by atoms with E-state index in [1.165, 1.54) is 17.1 Å². The van der Waals surface area contributed by atoms with Gasteiger partial charge in [0.2, 0.25) is 0 Å². The van der Waals surface area contributed by atoms with Gasteiger partial charge in [-0.1, -0.05) is 30.3 Å². The molecule has 3 aromatic rings. The Morgan fingerprint density at radius 2 is 1.70 bits per heavy atom. The average Bonchev–Trinajstić information content (AvgIpc) is 3.32. The number of hydrogen-bond acceptors (Lipinski definition) is 5. The Morgan fingerprint density at radius 1 is 0.970 bits per heavy atom. The largest absolute Gasteiger partial charge is 0.508 e. The number of phenolic OH excluding ortho intramolecular Hbond substituents is 1. The third kappa shape index (κ3) is 5.67. The molecule has 1 fully saturated rings. The third-order valence-electron chi connectivity index (χ3n) is 5.90. The van der Waals surface area contributed by atoms with Crippen LogP contribution in [0.2, 0.25) is 0 Å². The van der Waals surface area contributed by atoms with Crippen LogP contribution in [0.4, 0.5) is 5.69 Å². The number of ether oxygens (including phenoxy) is 1. The third-order valence-corrected chi connectivity index (χ3v) is 7.83. The molecule has 3 aromatic carbocycles. The SMILES string of the molecule is Cc1ccccc1S(=O)(=O)N(Cc1cccc(O)c1)c1ccc(OCCN2CCCC2)cc1. The lowest BCUT2D eigenvalue weighted by Gasteiger charge is -2.26. The first-order valence-electron chi connectivity index (χ1n) is 11.2. The van der Waals surface area contributed by atoms with Gasteiger partial charge in [-0.2, -0.15) is 0 Å². The van der Waals surface area contributed by atoms with Crippen LogP contribution in [-0.2, 0) is 16.6 Å². The van der Waals surface area contributed by atoms with Crippen LogP contribution in [0.5, 0.6) is 11.5 Å². The number of benzene rings is 3. The predicted molar refractivity (Wildman–Crippen MR) is 130 cm³/mol. The number of anilines is 1. The average molecular weight is 467 g/mol. The van der Waals surface area contributed by atoms with Gasteiger partial charge in [0.25, 0.3) is 10.0 Å². The monoisotopic (exact) mass is 466 g/mol. The second-order valence-corrected chi connectivity index (χ2v) is 10.2. The molecule has 0 aromatic heterocycles. The summed E-state index contributed by atoms with van der Waals surface area (Å²) < 4.78 is 34.6. The van der Waals surface area contributed by atoms with Crippen molar-refractivity contribution in [1.29, 1.82) is 0 Å². The second kappa shape index (κ2) is 10.3. The Labute approximate surface area is 196 Å². The molecule has 1 heterocycles. The highest BCUT2D eigenvalue weighted by atomic mass is 32.2. The lowest BCUT2D eigenvalue weighted by molar-refractivity contribution is 0.238. The lowest BCUT2D eigenvalue weighted by Crippen LogP contribution is -2.31. The summed E-state index contributed by atoms with van der Waals surface area (Å²) in [5.41, 5.74) is 1.91. The Balaban J connectivity index is 1.58. The number of nitrogens with zero attached hydrogens (tertiary/aromatic N) is 2. The van der Waals surface area contributed by atoms with E-state index in [4.69, 9.17) is 4.74 Å². The topological polar surface area (TPSA) is 70.1 Å². The van der Waals surface area contributed by atoms with Crippen molar-refractivity contribution in [3.63, 3.8) is 0 Å². The maximum Gasteiger partial charge on any atom is 0.264 e. The Bertz CT molecular complexity index is 1170. The Morgan fingerprint density at radius 3 is 2.39 bits per heavy atom. The highest BCUT2D eigenvalue weighted by Gasteiger charge is 2.27. The minimum absolute atomic E-state index is 0.0975. The zero-order chi connectivity index (χ0) is 23.3. The predicted octanol–water partition coefficient (Wildman–Crippen LogP) is 4.57. The molecule has 0 atom stereocenters. The van der Waals surface area contributed by atoms with Crippen LogP contribution in [0.25, 0.3) is 0 Å². The summed E-state index contributed by atoms with van der Waals surface area (Å²) in [6, 6.07) is 20.8. The molecule has 0 radical (unpaired) electrons. The number of likely N-dealkylation sites (tertiary alicyclic amines) is 1. The lowest BCUT2D eigenvalue weighted by atomic mass is 10.2. The summed E-state index contributed by atoms with van der Waals surface area (Å²) in [4.78, 5) is 2.65. The van der Waals surface area contributed by atoms with E-state index in [0.29, 0.717) is 29.2 Å². The van der Waals surface area contributed by atoms with E-state index in [-0.39, 0.29) is 17.2 Å². The van der Waals surface area contributed by atoms with Crippen LogP contribution >= 0.6 is 0 Å². The normalized spacial score (nSPS) is 14.3. The van der Waals surface area contributed by atoms with E-state index in [2.05, 4.69) is 4.90 Å². The van der Waals surface area contributed by atoms with Crippen LogP contribution < -0.4 is 9.04 Å². The van der Waals surface area contributed by atoms with E-state index in [0.717, 1.165) is 19.6 Å². The quantitative estimate of drug-likeness (QED) is 0.500. The van der Waals surface area contributed by atoms with Gasteiger partial charge in [0.05, 0.1) is 17.1 Å². The maximum absolute atomic E-state index is 13.7. The minimum Gasteiger partial charge on any atom is -0.508 e. The number of rotatable bonds is 9. The highest BCUT2D eigenvalue weighted by Crippen LogP contribution is 2.29. The fourth-order valence-electron chi connectivity index (χ4n) is 4.11. The molecule has 0 aliphatic carbocycles. The first-order chi connectivity index (χ1) is 15.9. The van der Waals surface area contributed by atoms with E-state index in [1.807, 2.05) is 18.2 Å². The van der Waals surface area contributed by atoms with Gasteiger partial charge < -0.3 is 9.84 Å². The Kier molecular flexibility index (Phi) is 7.20. The summed E-state index contributed by atoms with van der Waals surface area (Å²) in [5, 5.41) is 9.87. The number of aromatic hydroxyl groups is 1. The molecule has 0 bridgehead atoms. The summed E-state index contributed by atoms with van der Waals surface area (Å²) in [6.45, 7) is 5.64. The molecule has 0 saturated carbocycles. The fraction of sp³-hybridized carbons (Fsp3) is 0.308. The van der Waals surface area contributed by atoms with Crippen molar-refractivity contribution >= 4 is 15.7 Å². The number of hydrogen-bond donors (Lipinski definition) is 1. The molecular formula is C26H30N2O4S. The smallest absolute Gasteiger partial charge is 0.264 e. The summed E-state index contributed by atoms with van der Waals surface area (Å²) in [7, 11) is -3.83. The zero-order valence-corrected chi connectivity index (χ0v) is 19.7. The van der Waals surface area contributed by atoms with Gasteiger partial charge in [0, 0.05) is 6.54 Å². The minimum atomic E-state index is -3.83. The second-order valence-electron chi connectivity index (χ2n) is 8.34. The molecule has 1 saturated heterocycles. The van der Waals surface area contributed by atoms with Crippen molar-refractivity contribution in [2.75, 3.05) is 30.5 Å². The van der Waals surface area contributed by atoms with Crippen LogP contribution in [-0.4, -0.2) is 44.7 Å². The summed E-state index contributed by atoms with van der Waals surface area (Å²) in [5.74, 6) is 0.811. The van der Waals surface area contributed by atoms with Gasteiger partial charge in [-0.3, -0.25) is 9.21 Å². The van der Waals surface area contributed by atoms with Crippen molar-refractivity contribution in [2.45, 2.75) is 31.2 Å². The number of aryl methyl sites for hydroxylation is 1. The van der Waals surface area contributed by atoms with Gasteiger partial charge in [-0.25, -0.2) is 8.42 Å². The molecule has 1 aliphatic heterocycles. The molecular weight excluding hydrogens is 436 g/mol. The molecule has 4 rings (SSSR count). The van der Waals surface area contributed by atoms with Crippen LogP contribution in [0.3, 0.4) is 0 Å². The molecule has 6 nitrogen and oxygen atoms in total. The van der Waals surface area contributed by atoms with Crippen molar-refractivity contribution in [3.8, 4) is 11.5 Å². The van der Waals surface area contributed by atoms with Crippen molar-refractivity contribution < 1.29 is 18.3 Å². The maximum atomic E-state index is 13.7. The van der Waals surface area contributed by atoms with E-state index in [1.54, 1.807) is 61.5 Å². The van der Waals surface area contributed by atoms with Gasteiger partial charge >= 0.3 is 0 Å². The van der Waals surface area contributed by atoms with E-state index >= 15 is 0 Å². The Hall–Kier alpha value is -3.03. The van der Waals surface area contributed by atoms with Crippen molar-refractivity contribution in [3.05, 3.63) is 83.9 Å². The van der Waals surface area contributed by atoms with Crippen LogP contribution in [0.15, 0.2) is 77.7 Å². The first-order valence-corrected chi connectivity index (χ1v) is 12.7. The standard InChI is InChI=1S/C26H30N2O4S/c1-21-7-2-3-10-26(21)33(30,31)28(20-22-8-6-9-24(29)19-22)23-11-13-25(14-12-23)32-18-17-27-15-4-5-16-27/h2-3,6-14,19,29H,4-5,15-18,20H2,1H3. The number of sulfonamides is 1. The molecule has 0 unspecified atom stereocenters. The van der Waals surface area contributed by atoms with Crippen molar-refractivity contribution in [2.24, 2.45) is 0 Å².